The Morgan fingerprint density at radius 2 is 1.83 bits per heavy atom. The number of rotatable bonds is 6. The first-order valence-electron chi connectivity index (χ1n) is 7.69. The van der Waals surface area contributed by atoms with Crippen LogP contribution in [0.15, 0.2) is 53.6 Å². The number of benzene rings is 1. The van der Waals surface area contributed by atoms with Crippen LogP contribution < -0.4 is 10.6 Å². The number of anilines is 1. The van der Waals surface area contributed by atoms with Gasteiger partial charge in [0.1, 0.15) is 0 Å². The highest BCUT2D eigenvalue weighted by Crippen LogP contribution is 2.24. The summed E-state index contributed by atoms with van der Waals surface area (Å²) >= 11 is 0. The third-order valence-corrected chi connectivity index (χ3v) is 5.67. The molecule has 0 radical (unpaired) electrons. The van der Waals surface area contributed by atoms with Crippen LogP contribution in [-0.4, -0.2) is 31.2 Å². The number of aromatic nitrogens is 1. The van der Waals surface area contributed by atoms with E-state index in [0.717, 1.165) is 5.69 Å². The molecule has 2 rings (SSSR count). The summed E-state index contributed by atoms with van der Waals surface area (Å²) in [7, 11) is -3.47. The van der Waals surface area contributed by atoms with Crippen LogP contribution in [0, 0.1) is 0 Å². The summed E-state index contributed by atoms with van der Waals surface area (Å²) in [4.78, 5) is 16.3. The lowest BCUT2D eigenvalue weighted by atomic mass is 10.3. The van der Waals surface area contributed by atoms with Crippen LogP contribution in [0.5, 0.6) is 0 Å². The summed E-state index contributed by atoms with van der Waals surface area (Å²) in [5, 5.41) is 4.75. The van der Waals surface area contributed by atoms with Gasteiger partial charge in [-0.05, 0) is 38.1 Å². The number of urea groups is 1. The Balaban J connectivity index is 2.00. The molecule has 0 saturated carbocycles. The summed E-state index contributed by atoms with van der Waals surface area (Å²) in [6, 6.07) is 11.5. The van der Waals surface area contributed by atoms with Crippen LogP contribution in [0.3, 0.4) is 0 Å². The number of carbonyl (C=O) groups is 1. The van der Waals surface area contributed by atoms with Crippen molar-refractivity contribution in [2.75, 3.05) is 11.9 Å². The van der Waals surface area contributed by atoms with E-state index in [1.54, 1.807) is 38.2 Å². The predicted molar refractivity (Wildman–Crippen MR) is 93.7 cm³/mol. The van der Waals surface area contributed by atoms with E-state index in [4.69, 9.17) is 0 Å². The zero-order valence-corrected chi connectivity index (χ0v) is 14.5. The van der Waals surface area contributed by atoms with Gasteiger partial charge in [0.15, 0.2) is 9.84 Å². The molecule has 0 aliphatic rings. The van der Waals surface area contributed by atoms with Crippen LogP contribution >= 0.6 is 0 Å². The molecule has 128 valence electrons. The zero-order chi connectivity index (χ0) is 17.6. The van der Waals surface area contributed by atoms with Gasteiger partial charge in [-0.3, -0.25) is 4.98 Å². The molecule has 0 unspecified atom stereocenters. The standard InChI is InChI=1S/C17H21N3O3S/c1-13(2)24(22,23)16-9-4-3-8-15(16)20-17(21)19-12-10-14-7-5-6-11-18-14/h3-9,11,13H,10,12H2,1-2H3,(H2,19,20,21). The minimum atomic E-state index is -3.47. The smallest absolute Gasteiger partial charge is 0.319 e. The number of para-hydroxylation sites is 1. The molecule has 2 N–H and O–H groups in total. The fourth-order valence-electron chi connectivity index (χ4n) is 2.09. The maximum absolute atomic E-state index is 12.4. The molecule has 0 atom stereocenters. The van der Waals surface area contributed by atoms with Gasteiger partial charge in [0.05, 0.1) is 15.8 Å². The Bertz CT molecular complexity index is 790. The molecule has 0 saturated heterocycles. The largest absolute Gasteiger partial charge is 0.337 e. The van der Waals surface area contributed by atoms with Gasteiger partial charge < -0.3 is 10.6 Å². The predicted octanol–water partition coefficient (Wildman–Crippen LogP) is 2.63. The van der Waals surface area contributed by atoms with Gasteiger partial charge in [0.25, 0.3) is 0 Å². The normalized spacial score (nSPS) is 11.3. The molecule has 0 aliphatic heterocycles. The summed E-state index contributed by atoms with van der Waals surface area (Å²) in [5.74, 6) is 0. The monoisotopic (exact) mass is 347 g/mol. The molecule has 2 amide bonds. The minimum Gasteiger partial charge on any atom is -0.337 e. The molecule has 0 bridgehead atoms. The number of hydrogen-bond donors (Lipinski definition) is 2. The highest BCUT2D eigenvalue weighted by atomic mass is 32.2. The van der Waals surface area contributed by atoms with Gasteiger partial charge >= 0.3 is 6.03 Å². The van der Waals surface area contributed by atoms with Crippen LogP contribution in [0.25, 0.3) is 0 Å². The van der Waals surface area contributed by atoms with Gasteiger partial charge in [0.2, 0.25) is 0 Å². The molecule has 0 fully saturated rings. The van der Waals surface area contributed by atoms with Crippen molar-refractivity contribution in [2.24, 2.45) is 0 Å². The Kier molecular flexibility index (Phi) is 5.92. The Morgan fingerprint density at radius 3 is 2.50 bits per heavy atom. The summed E-state index contributed by atoms with van der Waals surface area (Å²) < 4.78 is 24.7. The molecule has 1 heterocycles. The number of pyridine rings is 1. The van der Waals surface area contributed by atoms with Crippen molar-refractivity contribution >= 4 is 21.6 Å². The molecule has 2 aromatic rings. The lowest BCUT2D eigenvalue weighted by Crippen LogP contribution is -2.31. The number of nitrogens with one attached hydrogen (secondary N) is 2. The van der Waals surface area contributed by atoms with Gasteiger partial charge in [0, 0.05) is 24.9 Å². The Hall–Kier alpha value is -2.41. The average molecular weight is 347 g/mol. The molecule has 24 heavy (non-hydrogen) atoms. The fraction of sp³-hybridized carbons (Fsp3) is 0.294. The molecule has 6 nitrogen and oxygen atoms in total. The number of hydrogen-bond acceptors (Lipinski definition) is 4. The summed E-state index contributed by atoms with van der Waals surface area (Å²) in [6.07, 6.45) is 2.29. The Labute approximate surface area is 142 Å². The van der Waals surface area contributed by atoms with Crippen molar-refractivity contribution in [2.45, 2.75) is 30.4 Å². The topological polar surface area (TPSA) is 88.2 Å². The van der Waals surface area contributed by atoms with E-state index >= 15 is 0 Å². The number of nitrogens with zero attached hydrogens (tertiary/aromatic N) is 1. The molecule has 1 aromatic heterocycles. The number of amides is 2. The zero-order valence-electron chi connectivity index (χ0n) is 13.7. The van der Waals surface area contributed by atoms with Gasteiger partial charge in [-0.1, -0.05) is 18.2 Å². The first kappa shape index (κ1) is 17.9. The molecule has 7 heteroatoms. The van der Waals surface area contributed by atoms with Crippen molar-refractivity contribution < 1.29 is 13.2 Å². The maximum atomic E-state index is 12.4. The van der Waals surface area contributed by atoms with Gasteiger partial charge in [-0.25, -0.2) is 13.2 Å². The van der Waals surface area contributed by atoms with Crippen molar-refractivity contribution in [3.8, 4) is 0 Å². The van der Waals surface area contributed by atoms with E-state index in [0.29, 0.717) is 13.0 Å². The van der Waals surface area contributed by atoms with E-state index < -0.39 is 21.1 Å². The fourth-order valence-corrected chi connectivity index (χ4v) is 3.29. The first-order valence-corrected chi connectivity index (χ1v) is 9.23. The molecule has 0 aliphatic carbocycles. The second-order valence-corrected chi connectivity index (χ2v) is 8.01. The molecular formula is C17H21N3O3S. The quantitative estimate of drug-likeness (QED) is 0.841. The second-order valence-electron chi connectivity index (χ2n) is 5.54. The summed E-state index contributed by atoms with van der Waals surface area (Å²) in [5.41, 5.74) is 1.15. The first-order chi connectivity index (χ1) is 11.4. The Morgan fingerprint density at radius 1 is 1.12 bits per heavy atom. The van der Waals surface area contributed by atoms with E-state index in [1.165, 1.54) is 6.07 Å². The van der Waals surface area contributed by atoms with Crippen LogP contribution in [-0.2, 0) is 16.3 Å². The molecule has 0 spiro atoms. The number of sulfone groups is 1. The van der Waals surface area contributed by atoms with Crippen molar-refractivity contribution in [1.29, 1.82) is 0 Å². The van der Waals surface area contributed by atoms with Gasteiger partial charge in [-0.2, -0.15) is 0 Å². The van der Waals surface area contributed by atoms with Crippen LogP contribution in [0.2, 0.25) is 0 Å². The van der Waals surface area contributed by atoms with Crippen LogP contribution in [0.4, 0.5) is 10.5 Å². The van der Waals surface area contributed by atoms with Crippen molar-refractivity contribution in [3.05, 3.63) is 54.4 Å². The maximum Gasteiger partial charge on any atom is 0.319 e. The average Bonchev–Trinajstić information content (AvgIpc) is 2.56. The number of carbonyl (C=O) groups excluding carboxylic acids is 1. The van der Waals surface area contributed by atoms with Crippen molar-refractivity contribution in [1.82, 2.24) is 10.3 Å². The summed E-state index contributed by atoms with van der Waals surface area (Å²) in [6.45, 7) is 3.63. The third-order valence-electron chi connectivity index (χ3n) is 3.46. The van der Waals surface area contributed by atoms with Gasteiger partial charge in [-0.15, -0.1) is 0 Å². The van der Waals surface area contributed by atoms with Crippen molar-refractivity contribution in [3.63, 3.8) is 0 Å². The van der Waals surface area contributed by atoms with E-state index in [9.17, 15) is 13.2 Å². The lowest BCUT2D eigenvalue weighted by Gasteiger charge is -2.14. The van der Waals surface area contributed by atoms with Crippen LogP contribution in [0.1, 0.15) is 19.5 Å². The lowest BCUT2D eigenvalue weighted by molar-refractivity contribution is 0.252. The molecule has 1 aromatic carbocycles. The highest BCUT2D eigenvalue weighted by Gasteiger charge is 2.23. The minimum absolute atomic E-state index is 0.125. The third kappa shape index (κ3) is 4.55. The SMILES string of the molecule is CC(C)S(=O)(=O)c1ccccc1NC(=O)NCCc1ccccn1. The van der Waals surface area contributed by atoms with E-state index in [-0.39, 0.29) is 10.6 Å². The highest BCUT2D eigenvalue weighted by molar-refractivity contribution is 7.92. The molecular weight excluding hydrogens is 326 g/mol. The van der Waals surface area contributed by atoms with E-state index in [1.807, 2.05) is 18.2 Å². The second kappa shape index (κ2) is 7.92. The van der Waals surface area contributed by atoms with E-state index in [2.05, 4.69) is 15.6 Å².